The Morgan fingerprint density at radius 3 is 2.74 bits per heavy atom. The third kappa shape index (κ3) is 3.05. The predicted octanol–water partition coefficient (Wildman–Crippen LogP) is 1.36. The molecule has 0 bridgehead atoms. The highest BCUT2D eigenvalue weighted by molar-refractivity contribution is 5.89. The van der Waals surface area contributed by atoms with Gasteiger partial charge in [0.1, 0.15) is 12.0 Å². The summed E-state index contributed by atoms with van der Waals surface area (Å²) >= 11 is 0. The van der Waals surface area contributed by atoms with E-state index in [0.29, 0.717) is 12.2 Å². The molecule has 3 aromatic rings. The monoisotopic (exact) mass is 312 g/mol. The summed E-state index contributed by atoms with van der Waals surface area (Å²) in [4.78, 5) is 32.3. The lowest BCUT2D eigenvalue weighted by Gasteiger charge is -2.09. The van der Waals surface area contributed by atoms with Crippen LogP contribution < -0.4 is 16.2 Å². The zero-order valence-electron chi connectivity index (χ0n) is 12.8. The first kappa shape index (κ1) is 14.8. The number of carbonyl (C=O) groups is 1. The van der Waals surface area contributed by atoms with E-state index in [0.717, 1.165) is 11.1 Å². The van der Waals surface area contributed by atoms with E-state index in [1.54, 1.807) is 6.92 Å². The number of urea groups is 1. The number of fused-ring (bicyclic) bond motifs is 1. The van der Waals surface area contributed by atoms with Crippen LogP contribution in [0.15, 0.2) is 35.4 Å². The molecule has 0 aliphatic carbocycles. The maximum absolute atomic E-state index is 12.3. The van der Waals surface area contributed by atoms with Crippen molar-refractivity contribution in [2.24, 2.45) is 0 Å². The number of rotatable bonds is 3. The topological polar surface area (TPSA) is 104 Å². The molecule has 0 radical (unpaired) electrons. The van der Waals surface area contributed by atoms with Crippen molar-refractivity contribution in [3.8, 4) is 0 Å². The Morgan fingerprint density at radius 2 is 2.00 bits per heavy atom. The van der Waals surface area contributed by atoms with Gasteiger partial charge in [-0.3, -0.25) is 9.89 Å². The number of aromatic amines is 1. The Morgan fingerprint density at radius 1 is 1.26 bits per heavy atom. The van der Waals surface area contributed by atoms with Gasteiger partial charge in [0, 0.05) is 6.54 Å². The van der Waals surface area contributed by atoms with Crippen LogP contribution in [-0.4, -0.2) is 25.6 Å². The predicted molar refractivity (Wildman–Crippen MR) is 85.4 cm³/mol. The molecule has 2 heterocycles. The van der Waals surface area contributed by atoms with E-state index in [2.05, 4.69) is 25.7 Å². The molecule has 3 rings (SSSR count). The minimum absolute atomic E-state index is 0.119. The Labute approximate surface area is 131 Å². The van der Waals surface area contributed by atoms with Gasteiger partial charge in [-0.15, -0.1) is 0 Å². The van der Waals surface area contributed by atoms with Crippen molar-refractivity contribution in [2.45, 2.75) is 20.4 Å². The summed E-state index contributed by atoms with van der Waals surface area (Å²) in [6.45, 7) is 4.01. The van der Waals surface area contributed by atoms with Crippen molar-refractivity contribution in [3.63, 3.8) is 0 Å². The smallest absolute Gasteiger partial charge is 0.319 e. The molecule has 0 unspecified atom stereocenters. The fourth-order valence-electron chi connectivity index (χ4n) is 2.15. The van der Waals surface area contributed by atoms with Crippen molar-refractivity contribution < 1.29 is 4.79 Å². The summed E-state index contributed by atoms with van der Waals surface area (Å²) in [5.41, 5.74) is 2.25. The van der Waals surface area contributed by atoms with E-state index in [1.165, 1.54) is 10.8 Å². The first-order valence-electron chi connectivity index (χ1n) is 7.08. The van der Waals surface area contributed by atoms with Crippen LogP contribution in [0.25, 0.3) is 5.78 Å². The molecular weight excluding hydrogens is 296 g/mol. The fraction of sp³-hybridized carbons (Fsp3) is 0.200. The van der Waals surface area contributed by atoms with E-state index in [1.807, 2.05) is 31.2 Å². The number of nitrogens with one attached hydrogen (secondary N) is 3. The quantitative estimate of drug-likeness (QED) is 0.679. The van der Waals surface area contributed by atoms with Crippen LogP contribution in [0.2, 0.25) is 0 Å². The van der Waals surface area contributed by atoms with Gasteiger partial charge in [0.2, 0.25) is 0 Å². The lowest BCUT2D eigenvalue weighted by Crippen LogP contribution is -2.32. The van der Waals surface area contributed by atoms with Crippen molar-refractivity contribution in [3.05, 3.63) is 57.8 Å². The molecule has 1 aromatic carbocycles. The number of hydrogen-bond donors (Lipinski definition) is 3. The standard InChI is InChI=1S/C15H16N6O2/c1-9-3-5-11(6-4-9)7-16-15(23)20-12-10(2)19-14-17-8-18-21(14)13(12)22/h3-6,8H,7H2,1-2H3,(H2,16,20,23)(H,17,18,19). The number of hydrogen-bond acceptors (Lipinski definition) is 4. The summed E-state index contributed by atoms with van der Waals surface area (Å²) in [6.07, 6.45) is 1.37. The second-order valence-electron chi connectivity index (χ2n) is 5.19. The van der Waals surface area contributed by atoms with E-state index in [9.17, 15) is 9.59 Å². The summed E-state index contributed by atoms with van der Waals surface area (Å²) in [5.74, 6) is 0.262. The van der Waals surface area contributed by atoms with Crippen LogP contribution in [0.1, 0.15) is 16.8 Å². The molecule has 0 aliphatic rings. The van der Waals surface area contributed by atoms with Gasteiger partial charge >= 0.3 is 6.03 Å². The second-order valence-corrected chi connectivity index (χ2v) is 5.19. The van der Waals surface area contributed by atoms with Gasteiger partial charge in [-0.1, -0.05) is 29.8 Å². The van der Waals surface area contributed by atoms with Crippen LogP contribution in [0.4, 0.5) is 10.5 Å². The van der Waals surface area contributed by atoms with Gasteiger partial charge in [0.15, 0.2) is 0 Å². The largest absolute Gasteiger partial charge is 0.334 e. The fourth-order valence-corrected chi connectivity index (χ4v) is 2.15. The number of anilines is 1. The van der Waals surface area contributed by atoms with Gasteiger partial charge in [0.05, 0.1) is 5.69 Å². The molecule has 0 atom stereocenters. The Hall–Kier alpha value is -3.16. The minimum atomic E-state index is -0.466. The maximum Gasteiger partial charge on any atom is 0.319 e. The van der Waals surface area contributed by atoms with Crippen molar-refractivity contribution in [1.29, 1.82) is 0 Å². The number of nitrogens with zero attached hydrogens (tertiary/aromatic N) is 3. The Kier molecular flexibility index (Phi) is 3.80. The molecular formula is C15H16N6O2. The number of aryl methyl sites for hydroxylation is 2. The number of amides is 2. The van der Waals surface area contributed by atoms with Crippen molar-refractivity contribution in [1.82, 2.24) is 24.9 Å². The lowest BCUT2D eigenvalue weighted by atomic mass is 10.1. The van der Waals surface area contributed by atoms with Gasteiger partial charge in [-0.25, -0.2) is 14.8 Å². The second kappa shape index (κ2) is 5.91. The molecule has 0 fully saturated rings. The maximum atomic E-state index is 12.3. The summed E-state index contributed by atoms with van der Waals surface area (Å²) in [5, 5.41) is 7.91. The van der Waals surface area contributed by atoms with Crippen LogP contribution in [0.5, 0.6) is 0 Å². The number of H-pyrrole nitrogens is 1. The Balaban J connectivity index is 1.72. The van der Waals surface area contributed by atoms with Gasteiger partial charge in [-0.2, -0.15) is 4.52 Å². The van der Waals surface area contributed by atoms with Crippen LogP contribution >= 0.6 is 0 Å². The zero-order valence-corrected chi connectivity index (χ0v) is 12.8. The third-order valence-corrected chi connectivity index (χ3v) is 3.43. The number of carbonyl (C=O) groups excluding carboxylic acids is 1. The molecule has 23 heavy (non-hydrogen) atoms. The van der Waals surface area contributed by atoms with E-state index in [4.69, 9.17) is 0 Å². The minimum Gasteiger partial charge on any atom is -0.334 e. The van der Waals surface area contributed by atoms with Gasteiger partial charge in [-0.05, 0) is 19.4 Å². The highest BCUT2D eigenvalue weighted by Crippen LogP contribution is 2.07. The number of aromatic nitrogens is 4. The molecule has 0 saturated heterocycles. The van der Waals surface area contributed by atoms with Crippen LogP contribution in [-0.2, 0) is 6.54 Å². The van der Waals surface area contributed by atoms with Crippen molar-refractivity contribution in [2.75, 3.05) is 5.32 Å². The average molecular weight is 312 g/mol. The summed E-state index contributed by atoms with van der Waals surface area (Å²) in [7, 11) is 0. The van der Waals surface area contributed by atoms with Gasteiger partial charge < -0.3 is 10.6 Å². The SMILES string of the molecule is Cc1ccc(CNC(=O)Nc2c(C)nc3nc[nH]n3c2=O)cc1. The molecule has 118 valence electrons. The normalized spacial score (nSPS) is 10.7. The molecule has 0 aliphatic heterocycles. The average Bonchev–Trinajstić information content (AvgIpc) is 2.99. The van der Waals surface area contributed by atoms with Crippen LogP contribution in [0, 0.1) is 13.8 Å². The Bertz CT molecular complexity index is 910. The van der Waals surface area contributed by atoms with Crippen molar-refractivity contribution >= 4 is 17.5 Å². The van der Waals surface area contributed by atoms with Crippen LogP contribution in [0.3, 0.4) is 0 Å². The molecule has 2 aromatic heterocycles. The number of benzene rings is 1. The highest BCUT2D eigenvalue weighted by Gasteiger charge is 2.13. The van der Waals surface area contributed by atoms with E-state index >= 15 is 0 Å². The molecule has 2 amide bonds. The zero-order chi connectivity index (χ0) is 16.4. The first-order chi connectivity index (χ1) is 11.0. The van der Waals surface area contributed by atoms with E-state index in [-0.39, 0.29) is 11.5 Å². The molecule has 3 N–H and O–H groups in total. The molecule has 0 saturated carbocycles. The van der Waals surface area contributed by atoms with Gasteiger partial charge in [0.25, 0.3) is 11.3 Å². The molecule has 8 heteroatoms. The summed E-state index contributed by atoms with van der Waals surface area (Å²) in [6, 6.07) is 7.36. The highest BCUT2D eigenvalue weighted by atomic mass is 16.2. The third-order valence-electron chi connectivity index (χ3n) is 3.43. The summed E-state index contributed by atoms with van der Waals surface area (Å²) < 4.78 is 1.17. The lowest BCUT2D eigenvalue weighted by molar-refractivity contribution is 0.251. The first-order valence-corrected chi connectivity index (χ1v) is 7.08. The molecule has 8 nitrogen and oxygen atoms in total. The molecule has 0 spiro atoms. The van der Waals surface area contributed by atoms with E-state index < -0.39 is 11.6 Å².